The first-order chi connectivity index (χ1) is 7.16. The van der Waals surface area contributed by atoms with Crippen molar-refractivity contribution in [2.75, 3.05) is 26.2 Å². The molecule has 0 aromatic heterocycles. The number of nitrogens with one attached hydrogen (secondary N) is 1. The van der Waals surface area contributed by atoms with E-state index in [4.69, 9.17) is 4.74 Å². The molecule has 4 nitrogen and oxygen atoms in total. The van der Waals surface area contributed by atoms with E-state index in [1.165, 1.54) is 0 Å². The van der Waals surface area contributed by atoms with Crippen molar-refractivity contribution in [3.8, 4) is 0 Å². The zero-order chi connectivity index (χ0) is 10.8. The number of ether oxygens (including phenoxy) is 1. The predicted molar refractivity (Wildman–Crippen MR) is 57.6 cm³/mol. The Kier molecular flexibility index (Phi) is 3.26. The lowest BCUT2D eigenvalue weighted by Gasteiger charge is -2.36. The van der Waals surface area contributed by atoms with E-state index in [1.807, 2.05) is 18.7 Å². The molecule has 1 amide bonds. The minimum atomic E-state index is 0.173. The molecule has 2 rings (SSSR count). The van der Waals surface area contributed by atoms with Crippen LogP contribution in [0.3, 0.4) is 0 Å². The van der Waals surface area contributed by atoms with Gasteiger partial charge in [-0.15, -0.1) is 0 Å². The SMILES string of the molecule is CC1CN(C(=O)[C@@H]2CCNC2)CC(C)O1. The minimum absolute atomic E-state index is 0.173. The standard InChI is InChI=1S/C11H20N2O2/c1-8-6-13(7-9(2)15-8)11(14)10-3-4-12-5-10/h8-10,12H,3-7H2,1-2H3/t8?,9?,10-/m1/s1. The van der Waals surface area contributed by atoms with Crippen LogP contribution in [0.1, 0.15) is 20.3 Å². The number of amides is 1. The summed E-state index contributed by atoms with van der Waals surface area (Å²) >= 11 is 0. The summed E-state index contributed by atoms with van der Waals surface area (Å²) in [6, 6.07) is 0. The molecule has 2 aliphatic heterocycles. The summed E-state index contributed by atoms with van der Waals surface area (Å²) < 4.78 is 5.62. The van der Waals surface area contributed by atoms with Crippen molar-refractivity contribution in [1.82, 2.24) is 10.2 Å². The molecule has 0 aliphatic carbocycles. The molecule has 2 aliphatic rings. The average Bonchev–Trinajstić information content (AvgIpc) is 2.67. The Balaban J connectivity index is 1.93. The van der Waals surface area contributed by atoms with Crippen molar-refractivity contribution in [2.24, 2.45) is 5.92 Å². The largest absolute Gasteiger partial charge is 0.372 e. The van der Waals surface area contributed by atoms with Gasteiger partial charge in [-0.2, -0.15) is 0 Å². The molecule has 0 aromatic rings. The number of carbonyl (C=O) groups excluding carboxylic acids is 1. The Hall–Kier alpha value is -0.610. The van der Waals surface area contributed by atoms with Crippen LogP contribution < -0.4 is 5.32 Å². The van der Waals surface area contributed by atoms with E-state index < -0.39 is 0 Å². The third kappa shape index (κ3) is 2.49. The maximum atomic E-state index is 12.1. The van der Waals surface area contributed by atoms with Crippen LogP contribution in [-0.4, -0.2) is 49.2 Å². The molecule has 2 fully saturated rings. The van der Waals surface area contributed by atoms with E-state index >= 15 is 0 Å². The number of hydrogen-bond acceptors (Lipinski definition) is 3. The van der Waals surface area contributed by atoms with Crippen molar-refractivity contribution in [2.45, 2.75) is 32.5 Å². The minimum Gasteiger partial charge on any atom is -0.372 e. The van der Waals surface area contributed by atoms with Crippen LogP contribution in [0, 0.1) is 5.92 Å². The summed E-state index contributed by atoms with van der Waals surface area (Å²) in [5, 5.41) is 3.24. The fraction of sp³-hybridized carbons (Fsp3) is 0.909. The van der Waals surface area contributed by atoms with E-state index in [9.17, 15) is 4.79 Å². The van der Waals surface area contributed by atoms with E-state index in [1.54, 1.807) is 0 Å². The van der Waals surface area contributed by atoms with Crippen LogP contribution in [0.4, 0.5) is 0 Å². The maximum Gasteiger partial charge on any atom is 0.227 e. The fourth-order valence-corrected chi connectivity index (χ4v) is 2.48. The Morgan fingerprint density at radius 3 is 2.53 bits per heavy atom. The highest BCUT2D eigenvalue weighted by Crippen LogP contribution is 2.17. The molecule has 86 valence electrons. The smallest absolute Gasteiger partial charge is 0.227 e. The highest BCUT2D eigenvalue weighted by Gasteiger charge is 2.31. The van der Waals surface area contributed by atoms with Crippen molar-refractivity contribution in [3.63, 3.8) is 0 Å². The first-order valence-electron chi connectivity index (χ1n) is 5.82. The van der Waals surface area contributed by atoms with Gasteiger partial charge in [0.1, 0.15) is 0 Å². The van der Waals surface area contributed by atoms with Crippen LogP contribution >= 0.6 is 0 Å². The summed E-state index contributed by atoms with van der Waals surface area (Å²) in [4.78, 5) is 14.1. The third-order valence-electron chi connectivity index (χ3n) is 3.14. The van der Waals surface area contributed by atoms with Gasteiger partial charge in [0.15, 0.2) is 0 Å². The molecule has 0 spiro atoms. The third-order valence-corrected chi connectivity index (χ3v) is 3.14. The Bertz CT molecular complexity index is 229. The van der Waals surface area contributed by atoms with Crippen LogP contribution in [0.2, 0.25) is 0 Å². The Morgan fingerprint density at radius 2 is 2.00 bits per heavy atom. The van der Waals surface area contributed by atoms with Gasteiger partial charge in [-0.1, -0.05) is 0 Å². The molecule has 3 atom stereocenters. The number of morpholine rings is 1. The second-order valence-electron chi connectivity index (χ2n) is 4.69. The summed E-state index contributed by atoms with van der Waals surface area (Å²) in [7, 11) is 0. The quantitative estimate of drug-likeness (QED) is 0.676. The highest BCUT2D eigenvalue weighted by molar-refractivity contribution is 5.79. The van der Waals surface area contributed by atoms with Gasteiger partial charge in [0, 0.05) is 19.6 Å². The van der Waals surface area contributed by atoms with Crippen LogP contribution in [-0.2, 0) is 9.53 Å². The molecule has 2 unspecified atom stereocenters. The number of rotatable bonds is 1. The molecular formula is C11H20N2O2. The molecule has 0 bridgehead atoms. The average molecular weight is 212 g/mol. The zero-order valence-corrected chi connectivity index (χ0v) is 9.53. The van der Waals surface area contributed by atoms with Gasteiger partial charge in [-0.25, -0.2) is 0 Å². The fourth-order valence-electron chi connectivity index (χ4n) is 2.48. The van der Waals surface area contributed by atoms with Gasteiger partial charge < -0.3 is 15.0 Å². The molecule has 2 saturated heterocycles. The second kappa shape index (κ2) is 4.49. The summed E-state index contributed by atoms with van der Waals surface area (Å²) in [5.74, 6) is 0.504. The predicted octanol–water partition coefficient (Wildman–Crippen LogP) is 0.232. The summed E-state index contributed by atoms with van der Waals surface area (Å²) in [5.41, 5.74) is 0. The van der Waals surface area contributed by atoms with E-state index in [2.05, 4.69) is 5.32 Å². The van der Waals surface area contributed by atoms with Gasteiger partial charge in [-0.05, 0) is 26.8 Å². The monoisotopic (exact) mass is 212 g/mol. The van der Waals surface area contributed by atoms with Crippen LogP contribution in [0.5, 0.6) is 0 Å². The lowest BCUT2D eigenvalue weighted by Crippen LogP contribution is -2.50. The second-order valence-corrected chi connectivity index (χ2v) is 4.69. The van der Waals surface area contributed by atoms with Gasteiger partial charge in [0.25, 0.3) is 0 Å². The first-order valence-corrected chi connectivity index (χ1v) is 5.82. The van der Waals surface area contributed by atoms with Gasteiger partial charge in [0.2, 0.25) is 5.91 Å². The van der Waals surface area contributed by atoms with Gasteiger partial charge in [-0.3, -0.25) is 4.79 Å². The molecule has 0 radical (unpaired) electrons. The summed E-state index contributed by atoms with van der Waals surface area (Å²) in [6.07, 6.45) is 1.33. The number of nitrogens with zero attached hydrogens (tertiary/aromatic N) is 1. The molecule has 0 aromatic carbocycles. The van der Waals surface area contributed by atoms with E-state index in [0.717, 1.165) is 32.6 Å². The van der Waals surface area contributed by atoms with Crippen molar-refractivity contribution in [3.05, 3.63) is 0 Å². The normalized spacial score (nSPS) is 36.9. The van der Waals surface area contributed by atoms with Gasteiger partial charge >= 0.3 is 0 Å². The lowest BCUT2D eigenvalue weighted by molar-refractivity contribution is -0.146. The highest BCUT2D eigenvalue weighted by atomic mass is 16.5. The summed E-state index contributed by atoms with van der Waals surface area (Å²) in [6.45, 7) is 7.38. The van der Waals surface area contributed by atoms with Crippen LogP contribution in [0.15, 0.2) is 0 Å². The van der Waals surface area contributed by atoms with Crippen molar-refractivity contribution < 1.29 is 9.53 Å². The van der Waals surface area contributed by atoms with E-state index in [0.29, 0.717) is 5.91 Å². The maximum absolute atomic E-state index is 12.1. The number of carbonyl (C=O) groups is 1. The van der Waals surface area contributed by atoms with Crippen molar-refractivity contribution in [1.29, 1.82) is 0 Å². The van der Waals surface area contributed by atoms with E-state index in [-0.39, 0.29) is 18.1 Å². The van der Waals surface area contributed by atoms with Crippen molar-refractivity contribution >= 4 is 5.91 Å². The molecule has 2 heterocycles. The molecule has 1 N–H and O–H groups in total. The molecular weight excluding hydrogens is 192 g/mol. The topological polar surface area (TPSA) is 41.6 Å². The first kappa shape index (κ1) is 10.9. The number of hydrogen-bond donors (Lipinski definition) is 1. The molecule has 4 heteroatoms. The lowest BCUT2D eigenvalue weighted by atomic mass is 10.1. The van der Waals surface area contributed by atoms with Crippen LogP contribution in [0.25, 0.3) is 0 Å². The molecule has 15 heavy (non-hydrogen) atoms. The Morgan fingerprint density at radius 1 is 1.33 bits per heavy atom. The van der Waals surface area contributed by atoms with Gasteiger partial charge in [0.05, 0.1) is 18.1 Å². The zero-order valence-electron chi connectivity index (χ0n) is 9.53. The molecule has 0 saturated carbocycles. The Labute approximate surface area is 91.0 Å².